The molecule has 9 heteroatoms. The molecule has 0 bridgehead atoms. The maximum Gasteiger partial charge on any atom is 0.348 e. The molecule has 0 amide bonds. The lowest BCUT2D eigenvalue weighted by molar-refractivity contribution is 0.0319. The molecule has 0 aliphatic heterocycles. The van der Waals surface area contributed by atoms with Crippen molar-refractivity contribution in [3.05, 3.63) is 56.4 Å². The lowest BCUT2D eigenvalue weighted by Crippen LogP contribution is -2.17. The third-order valence-electron chi connectivity index (χ3n) is 4.25. The summed E-state index contributed by atoms with van der Waals surface area (Å²) < 4.78 is 15.6. The lowest BCUT2D eigenvalue weighted by Gasteiger charge is -2.13. The third kappa shape index (κ3) is 4.14. The Hall–Kier alpha value is -3.20. The number of aromatic nitrogens is 2. The number of H-pyrrole nitrogens is 1. The number of hydrogen-bond donors (Lipinski definition) is 1. The normalized spacial score (nSPS) is 11.9. The van der Waals surface area contributed by atoms with Crippen LogP contribution in [0.25, 0.3) is 10.2 Å². The largest absolute Gasteiger partial charge is 0.497 e. The summed E-state index contributed by atoms with van der Waals surface area (Å²) in [6.07, 6.45) is -0.806. The van der Waals surface area contributed by atoms with Crippen molar-refractivity contribution in [2.45, 2.75) is 26.9 Å². The topological polar surface area (TPSA) is 108 Å². The van der Waals surface area contributed by atoms with E-state index in [9.17, 15) is 14.4 Å². The van der Waals surface area contributed by atoms with Gasteiger partial charge in [0, 0.05) is 0 Å². The molecule has 29 heavy (non-hydrogen) atoms. The van der Waals surface area contributed by atoms with Crippen LogP contribution in [0.2, 0.25) is 0 Å². The number of rotatable bonds is 6. The van der Waals surface area contributed by atoms with Crippen LogP contribution >= 0.6 is 11.3 Å². The summed E-state index contributed by atoms with van der Waals surface area (Å²) in [5, 5.41) is 0.327. The van der Waals surface area contributed by atoms with Crippen molar-refractivity contribution >= 4 is 33.5 Å². The summed E-state index contributed by atoms with van der Waals surface area (Å²) in [5.74, 6) is -0.351. The van der Waals surface area contributed by atoms with Gasteiger partial charge in [-0.05, 0) is 44.5 Å². The van der Waals surface area contributed by atoms with E-state index in [4.69, 9.17) is 14.2 Å². The summed E-state index contributed by atoms with van der Waals surface area (Å²) in [5.41, 5.74) is 0.430. The molecule has 3 aromatic rings. The van der Waals surface area contributed by atoms with Gasteiger partial charge in [0.1, 0.15) is 15.5 Å². The first-order valence-corrected chi connectivity index (χ1v) is 9.72. The minimum Gasteiger partial charge on any atom is -0.497 e. The number of nitrogens with one attached hydrogen (secondary N) is 1. The molecule has 0 saturated heterocycles. The maximum absolute atomic E-state index is 12.6. The Balaban J connectivity index is 1.90. The van der Waals surface area contributed by atoms with Crippen LogP contribution in [0, 0.1) is 6.92 Å². The average Bonchev–Trinajstić information content (AvgIpc) is 3.05. The fourth-order valence-corrected chi connectivity index (χ4v) is 3.86. The first kappa shape index (κ1) is 20.5. The summed E-state index contributed by atoms with van der Waals surface area (Å²) in [7, 11) is 1.50. The van der Waals surface area contributed by atoms with E-state index in [1.54, 1.807) is 45.0 Å². The van der Waals surface area contributed by atoms with Gasteiger partial charge in [-0.15, -0.1) is 11.3 Å². The predicted octanol–water partition coefficient (Wildman–Crippen LogP) is 3.40. The second-order valence-corrected chi connectivity index (χ2v) is 7.19. The van der Waals surface area contributed by atoms with Crippen LogP contribution in [0.3, 0.4) is 0 Å². The highest BCUT2D eigenvalue weighted by molar-refractivity contribution is 7.20. The Morgan fingerprint density at radius 3 is 2.72 bits per heavy atom. The zero-order valence-corrected chi connectivity index (χ0v) is 17.2. The quantitative estimate of drug-likeness (QED) is 0.614. The Bertz CT molecular complexity index is 1130. The number of ether oxygens (including phenoxy) is 3. The molecule has 152 valence electrons. The Kier molecular flexibility index (Phi) is 5.97. The summed E-state index contributed by atoms with van der Waals surface area (Å²) in [6.45, 7) is 5.23. The highest BCUT2D eigenvalue weighted by Gasteiger charge is 2.22. The van der Waals surface area contributed by atoms with E-state index in [1.807, 2.05) is 0 Å². The smallest absolute Gasteiger partial charge is 0.348 e. The van der Waals surface area contributed by atoms with Crippen LogP contribution in [0.5, 0.6) is 5.75 Å². The second kappa shape index (κ2) is 8.44. The number of fused-ring (bicyclic) bond motifs is 1. The monoisotopic (exact) mass is 416 g/mol. The SMILES string of the molecule is CCOC(=O)c1sc2nc([C@@H](C)OC(=O)c3cccc(OC)c3)[nH]c(=O)c2c1C. The fourth-order valence-electron chi connectivity index (χ4n) is 2.78. The minimum absolute atomic E-state index is 0.190. The van der Waals surface area contributed by atoms with Crippen molar-refractivity contribution in [1.29, 1.82) is 0 Å². The fraction of sp³-hybridized carbons (Fsp3) is 0.300. The zero-order chi connectivity index (χ0) is 21.1. The van der Waals surface area contributed by atoms with Crippen molar-refractivity contribution in [2.75, 3.05) is 13.7 Å². The van der Waals surface area contributed by atoms with Gasteiger partial charge in [0.15, 0.2) is 11.9 Å². The van der Waals surface area contributed by atoms with Gasteiger partial charge in [0.05, 0.1) is 24.7 Å². The number of thiophene rings is 1. The summed E-state index contributed by atoms with van der Waals surface area (Å²) in [6, 6.07) is 6.55. The maximum atomic E-state index is 12.6. The number of esters is 2. The molecule has 0 saturated carbocycles. The van der Waals surface area contributed by atoms with Crippen molar-refractivity contribution in [1.82, 2.24) is 9.97 Å². The number of nitrogens with zero attached hydrogens (tertiary/aromatic N) is 1. The molecule has 8 nitrogen and oxygen atoms in total. The second-order valence-electron chi connectivity index (χ2n) is 6.19. The Morgan fingerprint density at radius 2 is 2.03 bits per heavy atom. The molecule has 0 aliphatic carbocycles. The molecule has 1 N–H and O–H groups in total. The van der Waals surface area contributed by atoms with Crippen molar-refractivity contribution in [3.8, 4) is 5.75 Å². The van der Waals surface area contributed by atoms with E-state index in [1.165, 1.54) is 7.11 Å². The molecule has 0 unspecified atom stereocenters. The molecule has 1 atom stereocenters. The van der Waals surface area contributed by atoms with E-state index in [2.05, 4.69) is 9.97 Å². The lowest BCUT2D eigenvalue weighted by atomic mass is 10.2. The standard InChI is InChI=1S/C20H20N2O6S/c1-5-27-20(25)15-10(2)14-17(23)21-16(22-18(14)29-15)11(3)28-19(24)12-7-6-8-13(9-12)26-4/h6-9,11H,5H2,1-4H3,(H,21,22,23)/t11-/m1/s1. The number of aryl methyl sites for hydroxylation is 1. The van der Waals surface area contributed by atoms with Crippen LogP contribution < -0.4 is 10.3 Å². The van der Waals surface area contributed by atoms with E-state index < -0.39 is 23.6 Å². The van der Waals surface area contributed by atoms with E-state index in [0.29, 0.717) is 32.0 Å². The molecule has 0 spiro atoms. The number of carbonyl (C=O) groups is 2. The molecule has 1 aromatic carbocycles. The molecule has 3 rings (SSSR count). The Labute approximate surface area is 170 Å². The number of hydrogen-bond acceptors (Lipinski definition) is 8. The highest BCUT2D eigenvalue weighted by atomic mass is 32.1. The van der Waals surface area contributed by atoms with Crippen LogP contribution in [0.15, 0.2) is 29.1 Å². The number of carbonyl (C=O) groups excluding carboxylic acids is 2. The first-order valence-electron chi connectivity index (χ1n) is 8.91. The van der Waals surface area contributed by atoms with Gasteiger partial charge in [-0.3, -0.25) is 4.79 Å². The number of benzene rings is 1. The van der Waals surface area contributed by atoms with Crippen LogP contribution in [0.4, 0.5) is 0 Å². The molecule has 2 aromatic heterocycles. The Morgan fingerprint density at radius 1 is 1.28 bits per heavy atom. The van der Waals surface area contributed by atoms with Gasteiger partial charge in [0.2, 0.25) is 0 Å². The van der Waals surface area contributed by atoms with Crippen molar-refractivity contribution in [3.63, 3.8) is 0 Å². The van der Waals surface area contributed by atoms with Gasteiger partial charge in [-0.1, -0.05) is 6.07 Å². The van der Waals surface area contributed by atoms with Crippen molar-refractivity contribution in [2.24, 2.45) is 0 Å². The van der Waals surface area contributed by atoms with Crippen molar-refractivity contribution < 1.29 is 23.8 Å². The van der Waals surface area contributed by atoms with Gasteiger partial charge < -0.3 is 19.2 Å². The molecule has 2 heterocycles. The van der Waals surface area contributed by atoms with Gasteiger partial charge in [0.25, 0.3) is 5.56 Å². The molecule has 0 fully saturated rings. The van der Waals surface area contributed by atoms with Crippen LogP contribution in [-0.2, 0) is 9.47 Å². The average molecular weight is 416 g/mol. The molecule has 0 aliphatic rings. The van der Waals surface area contributed by atoms with E-state index in [-0.39, 0.29) is 12.4 Å². The summed E-state index contributed by atoms with van der Waals surface area (Å²) in [4.78, 5) is 44.8. The molecular formula is C20H20N2O6S. The number of aromatic amines is 1. The van der Waals surface area contributed by atoms with E-state index >= 15 is 0 Å². The molecule has 0 radical (unpaired) electrons. The number of methoxy groups -OCH3 is 1. The van der Waals surface area contributed by atoms with Crippen LogP contribution in [0.1, 0.15) is 51.4 Å². The minimum atomic E-state index is -0.806. The third-order valence-corrected chi connectivity index (χ3v) is 5.42. The van der Waals surface area contributed by atoms with Gasteiger partial charge >= 0.3 is 11.9 Å². The first-order chi connectivity index (χ1) is 13.8. The highest BCUT2D eigenvalue weighted by Crippen LogP contribution is 2.29. The van der Waals surface area contributed by atoms with Crippen LogP contribution in [-0.4, -0.2) is 35.6 Å². The van der Waals surface area contributed by atoms with Gasteiger partial charge in [-0.25, -0.2) is 14.6 Å². The summed E-state index contributed by atoms with van der Waals surface area (Å²) >= 11 is 1.08. The predicted molar refractivity (Wildman–Crippen MR) is 108 cm³/mol. The van der Waals surface area contributed by atoms with E-state index in [0.717, 1.165) is 11.3 Å². The van der Waals surface area contributed by atoms with Gasteiger partial charge in [-0.2, -0.15) is 0 Å². The zero-order valence-electron chi connectivity index (χ0n) is 16.4. The molecular weight excluding hydrogens is 396 g/mol.